The highest BCUT2D eigenvalue weighted by atomic mass is 16.7. The quantitative estimate of drug-likeness (QED) is 0.589. The number of oxime groups is 1. The Labute approximate surface area is 96.2 Å². The third-order valence-corrected chi connectivity index (χ3v) is 3.80. The lowest BCUT2D eigenvalue weighted by Gasteiger charge is -2.30. The van der Waals surface area contributed by atoms with E-state index in [1.807, 2.05) is 0 Å². The first-order valence-corrected chi connectivity index (χ1v) is 6.20. The van der Waals surface area contributed by atoms with Gasteiger partial charge >= 0.3 is 5.97 Å². The SMILES string of the molecule is NCC1(CC2=NOC(=O)C2)CCCCCC1. The molecule has 0 bridgehead atoms. The lowest BCUT2D eigenvalue weighted by Crippen LogP contribution is -2.32. The van der Waals surface area contributed by atoms with Gasteiger partial charge in [-0.2, -0.15) is 0 Å². The van der Waals surface area contributed by atoms with E-state index in [2.05, 4.69) is 9.99 Å². The highest BCUT2D eigenvalue weighted by molar-refractivity contribution is 6.02. The molecular weight excluding hydrogens is 204 g/mol. The summed E-state index contributed by atoms with van der Waals surface area (Å²) in [4.78, 5) is 15.6. The monoisotopic (exact) mass is 224 g/mol. The maximum atomic E-state index is 11.0. The number of nitrogens with two attached hydrogens (primary N) is 1. The van der Waals surface area contributed by atoms with Crippen LogP contribution in [-0.2, 0) is 9.63 Å². The standard InChI is InChI=1S/C12H20N2O2/c13-9-12(5-3-1-2-4-6-12)8-10-7-11(15)16-14-10/h1-9,13H2. The lowest BCUT2D eigenvalue weighted by atomic mass is 9.76. The first kappa shape index (κ1) is 11.6. The number of carbonyl (C=O) groups is 1. The molecule has 2 aliphatic rings. The van der Waals surface area contributed by atoms with Crippen molar-refractivity contribution in [3.8, 4) is 0 Å². The van der Waals surface area contributed by atoms with Crippen molar-refractivity contribution in [3.05, 3.63) is 0 Å². The summed E-state index contributed by atoms with van der Waals surface area (Å²) in [5.41, 5.74) is 7.00. The fourth-order valence-corrected chi connectivity index (χ4v) is 2.81. The molecule has 2 N–H and O–H groups in total. The predicted molar refractivity (Wildman–Crippen MR) is 62.0 cm³/mol. The molecule has 0 spiro atoms. The first-order chi connectivity index (χ1) is 7.74. The molecule has 1 fully saturated rings. The summed E-state index contributed by atoms with van der Waals surface area (Å²) in [6.45, 7) is 0.695. The van der Waals surface area contributed by atoms with E-state index in [-0.39, 0.29) is 11.4 Å². The van der Waals surface area contributed by atoms with Crippen LogP contribution in [0, 0.1) is 5.41 Å². The Balaban J connectivity index is 2.00. The van der Waals surface area contributed by atoms with Crippen LogP contribution in [0.2, 0.25) is 0 Å². The molecule has 4 heteroatoms. The van der Waals surface area contributed by atoms with E-state index in [9.17, 15) is 4.79 Å². The zero-order valence-electron chi connectivity index (χ0n) is 9.71. The summed E-state index contributed by atoms with van der Waals surface area (Å²) in [5, 5.41) is 3.85. The van der Waals surface area contributed by atoms with E-state index >= 15 is 0 Å². The van der Waals surface area contributed by atoms with Crippen LogP contribution < -0.4 is 5.73 Å². The van der Waals surface area contributed by atoms with Crippen molar-refractivity contribution in [1.82, 2.24) is 0 Å². The molecule has 16 heavy (non-hydrogen) atoms. The van der Waals surface area contributed by atoms with Crippen molar-refractivity contribution in [1.29, 1.82) is 0 Å². The molecule has 0 amide bonds. The average Bonchev–Trinajstić information content (AvgIpc) is 2.54. The Bertz CT molecular complexity index is 291. The topological polar surface area (TPSA) is 64.7 Å². The Morgan fingerprint density at radius 1 is 1.25 bits per heavy atom. The van der Waals surface area contributed by atoms with E-state index in [4.69, 9.17) is 5.73 Å². The molecule has 4 nitrogen and oxygen atoms in total. The van der Waals surface area contributed by atoms with Crippen molar-refractivity contribution in [2.75, 3.05) is 6.54 Å². The minimum absolute atomic E-state index is 0.170. The van der Waals surface area contributed by atoms with Crippen molar-refractivity contribution in [2.24, 2.45) is 16.3 Å². The lowest BCUT2D eigenvalue weighted by molar-refractivity contribution is -0.140. The van der Waals surface area contributed by atoms with Gasteiger partial charge in [0.15, 0.2) is 0 Å². The van der Waals surface area contributed by atoms with Gasteiger partial charge in [0.05, 0.1) is 12.1 Å². The molecule has 1 aliphatic heterocycles. The number of hydrogen-bond donors (Lipinski definition) is 1. The third kappa shape index (κ3) is 2.61. The second-order valence-electron chi connectivity index (χ2n) is 5.09. The summed E-state index contributed by atoms with van der Waals surface area (Å²) >= 11 is 0. The van der Waals surface area contributed by atoms with Gasteiger partial charge in [-0.15, -0.1) is 0 Å². The molecule has 90 valence electrons. The highest BCUT2D eigenvalue weighted by Crippen LogP contribution is 2.38. The van der Waals surface area contributed by atoms with E-state index in [1.165, 1.54) is 25.7 Å². The Hall–Kier alpha value is -0.900. The largest absolute Gasteiger partial charge is 0.340 e. The predicted octanol–water partition coefficient (Wildman–Crippen LogP) is 1.98. The van der Waals surface area contributed by atoms with Crippen LogP contribution in [0.4, 0.5) is 0 Å². The Kier molecular flexibility index (Phi) is 3.59. The number of carbonyl (C=O) groups excluding carboxylic acids is 1. The molecule has 1 heterocycles. The summed E-state index contributed by atoms with van der Waals surface area (Å²) in [6, 6.07) is 0. The van der Waals surface area contributed by atoms with Gasteiger partial charge in [0.2, 0.25) is 0 Å². The molecule has 1 saturated carbocycles. The van der Waals surface area contributed by atoms with Gasteiger partial charge < -0.3 is 10.6 Å². The minimum atomic E-state index is -0.226. The van der Waals surface area contributed by atoms with Gasteiger partial charge in [0, 0.05) is 0 Å². The van der Waals surface area contributed by atoms with Crippen LogP contribution in [0.25, 0.3) is 0 Å². The van der Waals surface area contributed by atoms with Gasteiger partial charge in [0.25, 0.3) is 0 Å². The van der Waals surface area contributed by atoms with Gasteiger partial charge in [-0.05, 0) is 31.2 Å². The third-order valence-electron chi connectivity index (χ3n) is 3.80. The van der Waals surface area contributed by atoms with Crippen LogP contribution in [-0.4, -0.2) is 18.2 Å². The molecule has 1 aliphatic carbocycles. The zero-order valence-corrected chi connectivity index (χ0v) is 9.71. The molecule has 0 aromatic rings. The fraction of sp³-hybridized carbons (Fsp3) is 0.833. The maximum absolute atomic E-state index is 11.0. The molecule has 0 aromatic heterocycles. The fourth-order valence-electron chi connectivity index (χ4n) is 2.81. The van der Waals surface area contributed by atoms with Crippen molar-refractivity contribution in [3.63, 3.8) is 0 Å². The molecular formula is C12H20N2O2. The van der Waals surface area contributed by atoms with Crippen molar-refractivity contribution >= 4 is 11.7 Å². The second kappa shape index (κ2) is 4.95. The minimum Gasteiger partial charge on any atom is -0.330 e. The van der Waals surface area contributed by atoms with Gasteiger partial charge in [-0.3, -0.25) is 0 Å². The second-order valence-corrected chi connectivity index (χ2v) is 5.09. The molecule has 0 radical (unpaired) electrons. The van der Waals surface area contributed by atoms with Crippen LogP contribution >= 0.6 is 0 Å². The van der Waals surface area contributed by atoms with E-state index in [0.717, 1.165) is 25.0 Å². The zero-order chi connectivity index (χ0) is 11.4. The van der Waals surface area contributed by atoms with Crippen LogP contribution in [0.15, 0.2) is 5.16 Å². The Morgan fingerprint density at radius 2 is 1.94 bits per heavy atom. The van der Waals surface area contributed by atoms with Crippen LogP contribution in [0.1, 0.15) is 51.4 Å². The first-order valence-electron chi connectivity index (χ1n) is 6.20. The maximum Gasteiger partial charge on any atom is 0.340 e. The van der Waals surface area contributed by atoms with Crippen molar-refractivity contribution < 1.29 is 9.63 Å². The van der Waals surface area contributed by atoms with Crippen molar-refractivity contribution in [2.45, 2.75) is 51.4 Å². The summed E-state index contributed by atoms with van der Waals surface area (Å²) in [5.74, 6) is -0.226. The smallest absolute Gasteiger partial charge is 0.330 e. The number of hydrogen-bond acceptors (Lipinski definition) is 4. The van der Waals surface area contributed by atoms with Gasteiger partial charge in [-0.25, -0.2) is 4.79 Å². The van der Waals surface area contributed by atoms with Gasteiger partial charge in [-0.1, -0.05) is 30.8 Å². The average molecular weight is 224 g/mol. The van der Waals surface area contributed by atoms with Crippen LogP contribution in [0.3, 0.4) is 0 Å². The van der Waals surface area contributed by atoms with E-state index in [1.54, 1.807) is 0 Å². The molecule has 0 aromatic carbocycles. The van der Waals surface area contributed by atoms with Gasteiger partial charge in [0.1, 0.15) is 0 Å². The Morgan fingerprint density at radius 3 is 2.44 bits per heavy atom. The molecule has 2 rings (SSSR count). The normalized spacial score (nSPS) is 24.8. The summed E-state index contributed by atoms with van der Waals surface area (Å²) in [6.07, 6.45) is 8.65. The molecule has 0 saturated heterocycles. The molecule has 0 unspecified atom stereocenters. The highest BCUT2D eigenvalue weighted by Gasteiger charge is 2.33. The summed E-state index contributed by atoms with van der Waals surface area (Å²) in [7, 11) is 0. The van der Waals surface area contributed by atoms with E-state index < -0.39 is 0 Å². The van der Waals surface area contributed by atoms with Crippen LogP contribution in [0.5, 0.6) is 0 Å². The number of rotatable bonds is 3. The summed E-state index contributed by atoms with van der Waals surface area (Å²) < 4.78 is 0. The van der Waals surface area contributed by atoms with E-state index in [0.29, 0.717) is 13.0 Å². The molecule has 0 atom stereocenters. The number of nitrogens with zero attached hydrogens (tertiary/aromatic N) is 1.